The van der Waals surface area contributed by atoms with Crippen LogP contribution in [0.1, 0.15) is 6.92 Å². The maximum absolute atomic E-state index is 13.0. The highest BCUT2D eigenvalue weighted by Gasteiger charge is 2.07. The number of halogens is 2. The molecule has 8 heteroatoms. The van der Waals surface area contributed by atoms with Gasteiger partial charge in [0, 0.05) is 6.07 Å². The lowest BCUT2D eigenvalue weighted by Gasteiger charge is -2.14. The number of nitrogens with one attached hydrogen (secondary N) is 1. The minimum Gasteiger partial charge on any atom is -0.491 e. The molecule has 0 aliphatic carbocycles. The summed E-state index contributed by atoms with van der Waals surface area (Å²) in [6, 6.07) is 3.19. The maximum atomic E-state index is 13.0. The summed E-state index contributed by atoms with van der Waals surface area (Å²) in [5, 5.41) is 2.94. The zero-order chi connectivity index (χ0) is 14.5. The monoisotopic (exact) mass is 281 g/mol. The second-order valence-electron chi connectivity index (χ2n) is 4.10. The first-order valence-corrected chi connectivity index (χ1v) is 5.83. The molecule has 1 aromatic carbocycles. The van der Waals surface area contributed by atoms with Crippen LogP contribution in [0.5, 0.6) is 5.75 Å². The van der Waals surface area contributed by atoms with E-state index in [0.29, 0.717) is 5.95 Å². The predicted octanol–water partition coefficient (Wildman–Crippen LogP) is 1.61. The molecule has 3 N–H and O–H groups in total. The smallest absolute Gasteiger partial charge is 0.227 e. The van der Waals surface area contributed by atoms with Gasteiger partial charge in [-0.3, -0.25) is 0 Å². The summed E-state index contributed by atoms with van der Waals surface area (Å²) in [6.07, 6.45) is 1.29. The Labute approximate surface area is 114 Å². The number of nitrogens with two attached hydrogens (primary N) is 1. The number of anilines is 2. The third-order valence-electron chi connectivity index (χ3n) is 2.36. The van der Waals surface area contributed by atoms with Crippen LogP contribution >= 0.6 is 0 Å². The molecule has 6 nitrogen and oxygen atoms in total. The summed E-state index contributed by atoms with van der Waals surface area (Å²) >= 11 is 0. The number of nitrogens with zero attached hydrogens (tertiary/aromatic N) is 3. The molecule has 0 aliphatic heterocycles. The van der Waals surface area contributed by atoms with Gasteiger partial charge < -0.3 is 15.8 Å². The zero-order valence-corrected chi connectivity index (χ0v) is 10.7. The second kappa shape index (κ2) is 6.09. The molecule has 0 radical (unpaired) electrons. The first kappa shape index (κ1) is 13.9. The normalized spacial score (nSPS) is 11.9. The fourth-order valence-corrected chi connectivity index (χ4v) is 1.43. The van der Waals surface area contributed by atoms with Gasteiger partial charge in [0.15, 0.2) is 11.6 Å². The molecular formula is C12H13F2N5O. The van der Waals surface area contributed by atoms with Gasteiger partial charge in [0.25, 0.3) is 0 Å². The SMILES string of the molecule is CC(COc1ccc(F)c(F)c1)Nc1ncnc(N)n1. The van der Waals surface area contributed by atoms with Crippen molar-refractivity contribution in [1.82, 2.24) is 15.0 Å². The van der Waals surface area contributed by atoms with Crippen molar-refractivity contribution in [2.24, 2.45) is 0 Å². The Morgan fingerprint density at radius 2 is 2.10 bits per heavy atom. The Bertz CT molecular complexity index is 596. The standard InChI is InChI=1S/C12H13F2N5O/c1-7(18-12-17-6-16-11(15)19-12)5-20-8-2-3-9(13)10(14)4-8/h2-4,6-7H,5H2,1H3,(H3,15,16,17,18,19). The van der Waals surface area contributed by atoms with Crippen LogP contribution in [0.4, 0.5) is 20.7 Å². The van der Waals surface area contributed by atoms with Crippen molar-refractivity contribution in [3.8, 4) is 5.75 Å². The van der Waals surface area contributed by atoms with Crippen LogP contribution in [0.3, 0.4) is 0 Å². The van der Waals surface area contributed by atoms with Crippen molar-refractivity contribution in [2.45, 2.75) is 13.0 Å². The molecule has 106 valence electrons. The molecule has 0 aliphatic rings. The molecule has 1 heterocycles. The van der Waals surface area contributed by atoms with Crippen LogP contribution in [0.2, 0.25) is 0 Å². The number of hydrogen-bond donors (Lipinski definition) is 2. The van der Waals surface area contributed by atoms with Crippen molar-refractivity contribution in [3.63, 3.8) is 0 Å². The molecule has 0 bridgehead atoms. The minimum absolute atomic E-state index is 0.108. The highest BCUT2D eigenvalue weighted by atomic mass is 19.2. The summed E-state index contributed by atoms with van der Waals surface area (Å²) in [6.45, 7) is 2.04. The summed E-state index contributed by atoms with van der Waals surface area (Å²) in [7, 11) is 0. The summed E-state index contributed by atoms with van der Waals surface area (Å²) in [5.74, 6) is -1.19. The van der Waals surface area contributed by atoms with Crippen molar-refractivity contribution in [2.75, 3.05) is 17.7 Å². The molecule has 20 heavy (non-hydrogen) atoms. The van der Waals surface area contributed by atoms with Crippen LogP contribution in [0.25, 0.3) is 0 Å². The van der Waals surface area contributed by atoms with Crippen LogP contribution < -0.4 is 15.8 Å². The Morgan fingerprint density at radius 1 is 1.30 bits per heavy atom. The van der Waals surface area contributed by atoms with E-state index in [1.165, 1.54) is 12.4 Å². The first-order valence-electron chi connectivity index (χ1n) is 5.83. The molecule has 1 aromatic heterocycles. The largest absolute Gasteiger partial charge is 0.491 e. The summed E-state index contributed by atoms with van der Waals surface area (Å²) < 4.78 is 31.1. The quantitative estimate of drug-likeness (QED) is 0.866. The molecule has 0 saturated heterocycles. The van der Waals surface area contributed by atoms with Crippen molar-refractivity contribution < 1.29 is 13.5 Å². The third-order valence-corrected chi connectivity index (χ3v) is 2.36. The van der Waals surface area contributed by atoms with E-state index in [2.05, 4.69) is 20.3 Å². The molecular weight excluding hydrogens is 268 g/mol. The lowest BCUT2D eigenvalue weighted by atomic mass is 10.3. The lowest BCUT2D eigenvalue weighted by Crippen LogP contribution is -2.25. The van der Waals surface area contributed by atoms with Crippen LogP contribution in [0.15, 0.2) is 24.5 Å². The predicted molar refractivity (Wildman–Crippen MR) is 69.2 cm³/mol. The highest BCUT2D eigenvalue weighted by Crippen LogP contribution is 2.15. The van der Waals surface area contributed by atoms with Gasteiger partial charge in [-0.2, -0.15) is 4.98 Å². The first-order chi connectivity index (χ1) is 9.54. The van der Waals surface area contributed by atoms with Gasteiger partial charge >= 0.3 is 0 Å². The average Bonchev–Trinajstić information content (AvgIpc) is 2.40. The molecule has 1 atom stereocenters. The van der Waals surface area contributed by atoms with Crippen molar-refractivity contribution in [1.29, 1.82) is 0 Å². The van der Waals surface area contributed by atoms with Gasteiger partial charge in [-0.1, -0.05) is 0 Å². The van der Waals surface area contributed by atoms with E-state index in [9.17, 15) is 8.78 Å². The van der Waals surface area contributed by atoms with E-state index in [4.69, 9.17) is 10.5 Å². The maximum Gasteiger partial charge on any atom is 0.227 e. The van der Waals surface area contributed by atoms with Gasteiger partial charge in [-0.15, -0.1) is 0 Å². The molecule has 0 spiro atoms. The van der Waals surface area contributed by atoms with E-state index in [0.717, 1.165) is 12.1 Å². The Balaban J connectivity index is 1.88. The van der Waals surface area contributed by atoms with E-state index >= 15 is 0 Å². The molecule has 2 aromatic rings. The number of aromatic nitrogens is 3. The van der Waals surface area contributed by atoms with Crippen LogP contribution in [0, 0.1) is 11.6 Å². The third kappa shape index (κ3) is 3.74. The van der Waals surface area contributed by atoms with Gasteiger partial charge in [-0.05, 0) is 19.1 Å². The van der Waals surface area contributed by atoms with Gasteiger partial charge in [0.2, 0.25) is 11.9 Å². The van der Waals surface area contributed by atoms with Gasteiger partial charge in [0.05, 0.1) is 6.04 Å². The van der Waals surface area contributed by atoms with E-state index < -0.39 is 11.6 Å². The Hall–Kier alpha value is -2.51. The summed E-state index contributed by atoms with van der Waals surface area (Å²) in [5.41, 5.74) is 5.42. The number of hydrogen-bond acceptors (Lipinski definition) is 6. The second-order valence-corrected chi connectivity index (χ2v) is 4.10. The van der Waals surface area contributed by atoms with Crippen LogP contribution in [-0.4, -0.2) is 27.6 Å². The lowest BCUT2D eigenvalue weighted by molar-refractivity contribution is 0.301. The van der Waals surface area contributed by atoms with Crippen LogP contribution in [-0.2, 0) is 0 Å². The topological polar surface area (TPSA) is 86.0 Å². The fourth-order valence-electron chi connectivity index (χ4n) is 1.43. The van der Waals surface area contributed by atoms with Gasteiger partial charge in [-0.25, -0.2) is 18.7 Å². The number of nitrogen functional groups attached to an aromatic ring is 1. The van der Waals surface area contributed by atoms with E-state index in [1.807, 2.05) is 6.92 Å². The minimum atomic E-state index is -0.951. The number of rotatable bonds is 5. The number of ether oxygens (including phenoxy) is 1. The molecule has 0 saturated carbocycles. The molecule has 1 unspecified atom stereocenters. The summed E-state index contributed by atoms with van der Waals surface area (Å²) in [4.78, 5) is 11.4. The zero-order valence-electron chi connectivity index (χ0n) is 10.7. The fraction of sp³-hybridized carbons (Fsp3) is 0.250. The highest BCUT2D eigenvalue weighted by molar-refractivity contribution is 5.30. The average molecular weight is 281 g/mol. The Morgan fingerprint density at radius 3 is 2.80 bits per heavy atom. The Kier molecular flexibility index (Phi) is 4.24. The van der Waals surface area contributed by atoms with E-state index in [-0.39, 0.29) is 24.3 Å². The molecule has 2 rings (SSSR count). The molecule has 0 fully saturated rings. The van der Waals surface area contributed by atoms with Crippen molar-refractivity contribution in [3.05, 3.63) is 36.2 Å². The molecule has 0 amide bonds. The van der Waals surface area contributed by atoms with E-state index in [1.54, 1.807) is 0 Å². The van der Waals surface area contributed by atoms with Crippen molar-refractivity contribution >= 4 is 11.9 Å². The number of benzene rings is 1. The van der Waals surface area contributed by atoms with Gasteiger partial charge in [0.1, 0.15) is 18.7 Å².